The molecule has 2 N–H and O–H groups in total. The van der Waals surface area contributed by atoms with Crippen molar-refractivity contribution < 1.29 is 19.4 Å². The van der Waals surface area contributed by atoms with Crippen molar-refractivity contribution in [1.82, 2.24) is 24.4 Å². The number of piperidine rings is 1. The molecule has 2 saturated heterocycles. The predicted octanol–water partition coefficient (Wildman–Crippen LogP) is 4.06. The van der Waals surface area contributed by atoms with Crippen LogP contribution < -0.4 is 10.2 Å². The summed E-state index contributed by atoms with van der Waals surface area (Å²) in [5.74, 6) is 1.07. The van der Waals surface area contributed by atoms with Gasteiger partial charge in [-0.25, -0.2) is 19.7 Å². The molecule has 210 valence electrons. The fourth-order valence-electron chi connectivity index (χ4n) is 5.97. The van der Waals surface area contributed by atoms with E-state index >= 15 is 0 Å². The first kappa shape index (κ1) is 26.0. The highest BCUT2D eigenvalue weighted by Crippen LogP contribution is 2.43. The molecule has 3 aliphatic heterocycles. The summed E-state index contributed by atoms with van der Waals surface area (Å²) in [6.45, 7) is 1.78. The number of anilines is 2. The second-order valence-electron chi connectivity index (χ2n) is 10.5. The monoisotopic (exact) mass is 593 g/mol. The Labute approximate surface area is 244 Å². The molecule has 41 heavy (non-hydrogen) atoms. The van der Waals surface area contributed by atoms with E-state index in [1.54, 1.807) is 33.9 Å². The molecule has 6 heterocycles. The predicted molar refractivity (Wildman–Crippen MR) is 153 cm³/mol. The summed E-state index contributed by atoms with van der Waals surface area (Å²) in [6, 6.07) is 8.95. The summed E-state index contributed by atoms with van der Waals surface area (Å²) < 4.78 is 7.59. The molecule has 0 unspecified atom stereocenters. The van der Waals surface area contributed by atoms with E-state index in [1.165, 1.54) is 6.33 Å². The highest BCUT2D eigenvalue weighted by atomic mass is 35.5. The minimum Gasteiger partial charge on any atom is -0.437 e. The van der Waals surface area contributed by atoms with Crippen molar-refractivity contribution >= 4 is 57.9 Å². The summed E-state index contributed by atoms with van der Waals surface area (Å²) in [6.07, 6.45) is 4.92. The van der Waals surface area contributed by atoms with Crippen LogP contribution >= 0.6 is 23.2 Å². The number of β-amino-alcohol motifs (C(OH)–C–C–N with tert-alkyl or cyclic N) is 1. The first-order chi connectivity index (χ1) is 19.8. The highest BCUT2D eigenvalue weighted by molar-refractivity contribution is 6.35. The number of aromatic nitrogens is 4. The Bertz CT molecular complexity index is 1700. The van der Waals surface area contributed by atoms with Crippen molar-refractivity contribution in [3.63, 3.8) is 0 Å². The van der Waals surface area contributed by atoms with Crippen molar-refractivity contribution in [2.45, 2.75) is 31.1 Å². The summed E-state index contributed by atoms with van der Waals surface area (Å²) in [4.78, 5) is 43.0. The van der Waals surface area contributed by atoms with Crippen LogP contribution in [-0.4, -0.2) is 73.8 Å². The molecule has 0 bridgehead atoms. The van der Waals surface area contributed by atoms with Gasteiger partial charge in [0, 0.05) is 78.1 Å². The number of benzene rings is 1. The van der Waals surface area contributed by atoms with Crippen LogP contribution in [0.15, 0.2) is 49.1 Å². The van der Waals surface area contributed by atoms with E-state index in [9.17, 15) is 14.7 Å². The van der Waals surface area contributed by atoms with E-state index in [1.807, 2.05) is 23.2 Å². The van der Waals surface area contributed by atoms with Gasteiger partial charge in [0.2, 0.25) is 5.91 Å². The molecule has 2 fully saturated rings. The molecule has 2 amide bonds. The van der Waals surface area contributed by atoms with Crippen LogP contribution in [-0.2, 0) is 21.7 Å². The van der Waals surface area contributed by atoms with Gasteiger partial charge in [0.1, 0.15) is 35.8 Å². The molecule has 3 aromatic heterocycles. The van der Waals surface area contributed by atoms with Crippen molar-refractivity contribution in [1.29, 1.82) is 0 Å². The molecule has 7 rings (SSSR count). The molecule has 3 aliphatic rings. The molecular formula is C28H25Cl2N7O4. The van der Waals surface area contributed by atoms with Gasteiger partial charge >= 0.3 is 6.09 Å². The molecule has 0 radical (unpaired) electrons. The van der Waals surface area contributed by atoms with E-state index < -0.39 is 17.8 Å². The Morgan fingerprint density at radius 3 is 2.71 bits per heavy atom. The number of carbonyl (C=O) groups excluding carboxylic acids is 2. The number of halogens is 2. The lowest BCUT2D eigenvalue weighted by Gasteiger charge is -2.43. The van der Waals surface area contributed by atoms with Gasteiger partial charge in [0.05, 0.1) is 11.5 Å². The van der Waals surface area contributed by atoms with Gasteiger partial charge in [-0.15, -0.1) is 0 Å². The minimum atomic E-state index is -0.816. The lowest BCUT2D eigenvalue weighted by Crippen LogP contribution is -2.51. The third kappa shape index (κ3) is 4.44. The van der Waals surface area contributed by atoms with Crippen molar-refractivity contribution in [2.24, 2.45) is 0 Å². The van der Waals surface area contributed by atoms with E-state index in [-0.39, 0.29) is 12.5 Å². The summed E-state index contributed by atoms with van der Waals surface area (Å²) in [5, 5.41) is 14.4. The summed E-state index contributed by atoms with van der Waals surface area (Å²) in [5.41, 5.74) is 2.04. The lowest BCUT2D eigenvalue weighted by atomic mass is 9.83. The molecule has 4 aromatic rings. The number of pyridine rings is 1. The standard InChI is InChI=1S/C28H25Cl2N7O4/c29-16-3-4-21(30)18(10-16)19-13-37(26-23(19)25(32-15-33-26)36-11-17(38)12-36)14-22(39)35-8-5-28(6-9-35)20-2-1-7-31-24(20)34-27(40)41-28/h1-4,7,10,13,15,17,38H,5-6,8-9,11-12,14H2,(H,31,34,40). The molecule has 0 saturated carbocycles. The zero-order valence-electron chi connectivity index (χ0n) is 21.8. The van der Waals surface area contributed by atoms with Gasteiger partial charge in [0.15, 0.2) is 0 Å². The maximum atomic E-state index is 13.6. The van der Waals surface area contributed by atoms with Gasteiger partial charge in [-0.3, -0.25) is 10.1 Å². The van der Waals surface area contributed by atoms with Crippen molar-refractivity contribution in [3.8, 4) is 11.1 Å². The van der Waals surface area contributed by atoms with Crippen LogP contribution in [0, 0.1) is 0 Å². The second-order valence-corrected chi connectivity index (χ2v) is 11.4. The van der Waals surface area contributed by atoms with Gasteiger partial charge in [0.25, 0.3) is 0 Å². The Balaban J connectivity index is 1.19. The van der Waals surface area contributed by atoms with Crippen molar-refractivity contribution in [3.05, 3.63) is 64.7 Å². The van der Waals surface area contributed by atoms with Crippen LogP contribution in [0.4, 0.5) is 16.4 Å². The number of aliphatic hydroxyl groups excluding tert-OH is 1. The van der Waals surface area contributed by atoms with E-state index in [0.29, 0.717) is 71.9 Å². The maximum absolute atomic E-state index is 13.6. The smallest absolute Gasteiger partial charge is 0.413 e. The number of hydrogen-bond acceptors (Lipinski definition) is 8. The Morgan fingerprint density at radius 2 is 1.93 bits per heavy atom. The topological polar surface area (TPSA) is 126 Å². The van der Waals surface area contributed by atoms with E-state index in [0.717, 1.165) is 16.5 Å². The third-order valence-corrected chi connectivity index (χ3v) is 8.62. The maximum Gasteiger partial charge on any atom is 0.413 e. The molecular weight excluding hydrogens is 569 g/mol. The average molecular weight is 594 g/mol. The number of nitrogens with one attached hydrogen (secondary N) is 1. The van der Waals surface area contributed by atoms with Crippen LogP contribution in [0.3, 0.4) is 0 Å². The first-order valence-corrected chi connectivity index (χ1v) is 14.0. The van der Waals surface area contributed by atoms with Gasteiger partial charge in [-0.05, 0) is 30.3 Å². The van der Waals surface area contributed by atoms with E-state index in [4.69, 9.17) is 27.9 Å². The number of likely N-dealkylation sites (tertiary alicyclic amines) is 1. The Morgan fingerprint density at radius 1 is 1.12 bits per heavy atom. The SMILES string of the molecule is O=C1Nc2ncccc2C2(CCN(C(=O)Cn3cc(-c4cc(Cl)ccc4Cl)c4c(N5CC(O)C5)ncnc43)CC2)O1. The molecule has 1 aromatic carbocycles. The molecule has 0 atom stereocenters. The van der Waals surface area contributed by atoms with Crippen LogP contribution in [0.25, 0.3) is 22.2 Å². The van der Waals surface area contributed by atoms with Crippen LogP contribution in [0.1, 0.15) is 18.4 Å². The number of nitrogens with zero attached hydrogens (tertiary/aromatic N) is 6. The first-order valence-electron chi connectivity index (χ1n) is 13.3. The largest absolute Gasteiger partial charge is 0.437 e. The quantitative estimate of drug-likeness (QED) is 0.363. The zero-order valence-corrected chi connectivity index (χ0v) is 23.3. The Hall–Kier alpha value is -3.93. The fraction of sp³-hybridized carbons (Fsp3) is 0.321. The molecule has 1 spiro atoms. The van der Waals surface area contributed by atoms with Gasteiger partial charge in [-0.2, -0.15) is 0 Å². The normalized spacial score (nSPS) is 18.2. The number of carbonyl (C=O) groups is 2. The third-order valence-electron chi connectivity index (χ3n) is 8.05. The lowest BCUT2D eigenvalue weighted by molar-refractivity contribution is -0.136. The molecule has 11 nitrogen and oxygen atoms in total. The van der Waals surface area contributed by atoms with Crippen LogP contribution in [0.2, 0.25) is 10.0 Å². The second kappa shape index (κ2) is 9.86. The van der Waals surface area contributed by atoms with E-state index in [2.05, 4.69) is 20.3 Å². The highest BCUT2D eigenvalue weighted by Gasteiger charge is 2.45. The number of amides is 2. The van der Waals surface area contributed by atoms with Crippen LogP contribution in [0.5, 0.6) is 0 Å². The molecule has 13 heteroatoms. The molecule has 0 aliphatic carbocycles. The number of aliphatic hydroxyl groups is 1. The number of fused-ring (bicyclic) bond motifs is 3. The fourth-order valence-corrected chi connectivity index (χ4v) is 6.36. The minimum absolute atomic E-state index is 0.0419. The Kier molecular flexibility index (Phi) is 6.25. The number of ether oxygens (including phenoxy) is 1. The summed E-state index contributed by atoms with van der Waals surface area (Å²) >= 11 is 12.9. The number of hydrogen-bond donors (Lipinski definition) is 2. The average Bonchev–Trinajstić information content (AvgIpc) is 3.31. The van der Waals surface area contributed by atoms with Gasteiger partial charge < -0.3 is 24.2 Å². The van der Waals surface area contributed by atoms with Crippen molar-refractivity contribution in [2.75, 3.05) is 36.4 Å². The summed E-state index contributed by atoms with van der Waals surface area (Å²) in [7, 11) is 0. The zero-order chi connectivity index (χ0) is 28.3. The number of rotatable bonds is 4. The van der Waals surface area contributed by atoms with Gasteiger partial charge in [-0.1, -0.05) is 23.2 Å².